The van der Waals surface area contributed by atoms with E-state index >= 15 is 0 Å². The highest BCUT2D eigenvalue weighted by atomic mass is 16.5. The molecule has 198 valence electrons. The molecule has 0 saturated carbocycles. The average molecular weight is 530 g/mol. The summed E-state index contributed by atoms with van der Waals surface area (Å²) in [5, 5.41) is 1.79. The van der Waals surface area contributed by atoms with Crippen LogP contribution in [-0.4, -0.2) is 24.9 Å². The third-order valence-electron chi connectivity index (χ3n) is 8.73. The fourth-order valence-electron chi connectivity index (χ4n) is 6.56. The first-order valence-electron chi connectivity index (χ1n) is 13.4. The largest absolute Gasteiger partial charge is 0.497 e. The number of allylic oxidation sites excluding steroid dienone is 1. The lowest BCUT2D eigenvalue weighted by molar-refractivity contribution is -0.142. The van der Waals surface area contributed by atoms with E-state index in [0.29, 0.717) is 17.2 Å². The van der Waals surface area contributed by atoms with Crippen molar-refractivity contribution in [2.24, 2.45) is 17.8 Å². The zero-order valence-corrected chi connectivity index (χ0v) is 22.4. The molecule has 4 aromatic carbocycles. The Hall–Kier alpha value is -4.71. The van der Waals surface area contributed by atoms with E-state index in [9.17, 15) is 14.4 Å². The Balaban J connectivity index is 1.43. The molecule has 0 radical (unpaired) electrons. The van der Waals surface area contributed by atoms with E-state index in [1.807, 2.05) is 92.7 Å². The third kappa shape index (κ3) is 3.45. The molecular formula is C34H27NO5. The molecule has 0 aromatic heterocycles. The van der Waals surface area contributed by atoms with E-state index in [-0.39, 0.29) is 11.8 Å². The lowest BCUT2D eigenvalue weighted by Gasteiger charge is -2.38. The molecular weight excluding hydrogens is 502 g/mol. The number of hydrogen-bond acceptors (Lipinski definition) is 5. The first-order chi connectivity index (χ1) is 19.4. The minimum absolute atomic E-state index is 0.300. The molecule has 4 atom stereocenters. The predicted molar refractivity (Wildman–Crippen MR) is 152 cm³/mol. The molecule has 1 fully saturated rings. The molecule has 0 unspecified atom stereocenters. The van der Waals surface area contributed by atoms with Gasteiger partial charge in [-0.2, -0.15) is 0 Å². The number of nitrogens with zero attached hydrogens (tertiary/aromatic N) is 1. The van der Waals surface area contributed by atoms with Gasteiger partial charge in [0.2, 0.25) is 11.8 Å². The van der Waals surface area contributed by atoms with Gasteiger partial charge in [0, 0.05) is 16.9 Å². The van der Waals surface area contributed by atoms with E-state index in [4.69, 9.17) is 9.47 Å². The summed E-state index contributed by atoms with van der Waals surface area (Å²) in [6.07, 6.45) is 2.01. The SMILES string of the molecule is COc1ccc([C@@H]2C=C3c4ccc5ccccc5c4OC(=O)[C@@H]3[C@H]3C(=O)N(c4ccc(C)c(C)c4)C(=O)[C@@H]32)cc1. The minimum atomic E-state index is -0.881. The van der Waals surface area contributed by atoms with Crippen LogP contribution in [0.3, 0.4) is 0 Å². The van der Waals surface area contributed by atoms with Gasteiger partial charge in [0.1, 0.15) is 11.5 Å². The summed E-state index contributed by atoms with van der Waals surface area (Å²) >= 11 is 0. The molecule has 40 heavy (non-hydrogen) atoms. The molecule has 0 bridgehead atoms. The number of fused-ring (bicyclic) bond motifs is 7. The number of carbonyl (C=O) groups excluding carboxylic acids is 3. The Bertz CT molecular complexity index is 1770. The van der Waals surface area contributed by atoms with Gasteiger partial charge in [-0.3, -0.25) is 14.4 Å². The first kappa shape index (κ1) is 24.3. The predicted octanol–water partition coefficient (Wildman–Crippen LogP) is 5.99. The Kier molecular flexibility index (Phi) is 5.42. The van der Waals surface area contributed by atoms with E-state index in [2.05, 4.69) is 0 Å². The van der Waals surface area contributed by atoms with Gasteiger partial charge in [0.15, 0.2) is 0 Å². The molecule has 1 saturated heterocycles. The smallest absolute Gasteiger partial charge is 0.319 e. The zero-order chi connectivity index (χ0) is 27.7. The summed E-state index contributed by atoms with van der Waals surface area (Å²) in [7, 11) is 1.60. The van der Waals surface area contributed by atoms with Crippen molar-refractivity contribution in [3.05, 3.63) is 107 Å². The standard InChI is InChI=1S/C34H27NO5/c1-18-8-12-22(16-19(18)2)35-32(36)28-26(21-9-13-23(39-3)14-10-21)17-27-25-15-11-20-6-4-5-7-24(20)31(25)40-34(38)29(27)30(28)33(35)37/h4-17,26,28-30H,1-3H3/t26-,28+,29-,30-/m0/s1. The topological polar surface area (TPSA) is 72.9 Å². The second kappa shape index (κ2) is 8.91. The van der Waals surface area contributed by atoms with Gasteiger partial charge in [0.05, 0.1) is 30.6 Å². The minimum Gasteiger partial charge on any atom is -0.497 e. The number of rotatable bonds is 3. The van der Waals surface area contributed by atoms with Crippen molar-refractivity contribution in [2.75, 3.05) is 12.0 Å². The third-order valence-corrected chi connectivity index (χ3v) is 8.73. The first-order valence-corrected chi connectivity index (χ1v) is 13.4. The number of aryl methyl sites for hydroxylation is 2. The highest BCUT2D eigenvalue weighted by Gasteiger charge is 2.60. The molecule has 1 aliphatic carbocycles. The van der Waals surface area contributed by atoms with E-state index in [1.54, 1.807) is 13.2 Å². The molecule has 2 aliphatic heterocycles. The van der Waals surface area contributed by atoms with Crippen LogP contribution in [-0.2, 0) is 14.4 Å². The van der Waals surface area contributed by atoms with Crippen LogP contribution in [0, 0.1) is 31.6 Å². The second-order valence-corrected chi connectivity index (χ2v) is 10.8. The van der Waals surface area contributed by atoms with Crippen molar-refractivity contribution in [2.45, 2.75) is 19.8 Å². The van der Waals surface area contributed by atoms with Crippen LogP contribution < -0.4 is 14.4 Å². The van der Waals surface area contributed by atoms with Crippen LogP contribution in [0.2, 0.25) is 0 Å². The fourth-order valence-corrected chi connectivity index (χ4v) is 6.56. The molecule has 6 heteroatoms. The molecule has 6 nitrogen and oxygen atoms in total. The van der Waals surface area contributed by atoms with E-state index < -0.39 is 29.6 Å². The number of ether oxygens (including phenoxy) is 2. The van der Waals surface area contributed by atoms with E-state index in [0.717, 1.165) is 38.6 Å². The lowest BCUT2D eigenvalue weighted by Crippen LogP contribution is -2.42. The van der Waals surface area contributed by atoms with Gasteiger partial charge in [-0.15, -0.1) is 0 Å². The van der Waals surface area contributed by atoms with Crippen molar-refractivity contribution in [1.82, 2.24) is 0 Å². The highest BCUT2D eigenvalue weighted by molar-refractivity contribution is 6.24. The maximum Gasteiger partial charge on any atom is 0.319 e. The van der Waals surface area contributed by atoms with Crippen molar-refractivity contribution >= 4 is 39.8 Å². The molecule has 3 aliphatic rings. The Morgan fingerprint density at radius 1 is 0.800 bits per heavy atom. The van der Waals surface area contributed by atoms with Crippen LogP contribution in [0.4, 0.5) is 5.69 Å². The van der Waals surface area contributed by atoms with Crippen LogP contribution in [0.25, 0.3) is 16.3 Å². The molecule has 2 amide bonds. The normalized spacial score (nSPS) is 23.3. The van der Waals surface area contributed by atoms with Crippen LogP contribution in [0.15, 0.2) is 84.9 Å². The maximum absolute atomic E-state index is 14.2. The van der Waals surface area contributed by atoms with Crippen molar-refractivity contribution < 1.29 is 23.9 Å². The number of imide groups is 1. The van der Waals surface area contributed by atoms with Crippen molar-refractivity contribution in [3.8, 4) is 11.5 Å². The fraction of sp³-hybridized carbons (Fsp3) is 0.206. The number of esters is 1. The quantitative estimate of drug-likeness (QED) is 0.185. The summed E-state index contributed by atoms with van der Waals surface area (Å²) in [6.45, 7) is 3.94. The maximum atomic E-state index is 14.2. The van der Waals surface area contributed by atoms with Gasteiger partial charge in [-0.1, -0.05) is 60.7 Å². The molecule has 7 rings (SSSR count). The molecule has 2 heterocycles. The highest BCUT2D eigenvalue weighted by Crippen LogP contribution is 2.55. The van der Waals surface area contributed by atoms with Gasteiger partial charge in [-0.05, 0) is 65.8 Å². The molecule has 0 N–H and O–H groups in total. The number of amides is 2. The number of hydrogen-bond donors (Lipinski definition) is 0. The molecule has 4 aromatic rings. The van der Waals surface area contributed by atoms with Gasteiger partial charge in [0.25, 0.3) is 0 Å². The number of carbonyl (C=O) groups is 3. The number of anilines is 1. The summed E-state index contributed by atoms with van der Waals surface area (Å²) in [4.78, 5) is 43.4. The monoisotopic (exact) mass is 529 g/mol. The van der Waals surface area contributed by atoms with E-state index in [1.165, 1.54) is 4.90 Å². The van der Waals surface area contributed by atoms with Gasteiger partial charge >= 0.3 is 5.97 Å². The zero-order valence-electron chi connectivity index (χ0n) is 22.4. The van der Waals surface area contributed by atoms with Crippen molar-refractivity contribution in [3.63, 3.8) is 0 Å². The lowest BCUT2D eigenvalue weighted by atomic mass is 9.64. The summed E-state index contributed by atoms with van der Waals surface area (Å²) in [5.74, 6) is -2.88. The Morgan fingerprint density at radius 3 is 2.30 bits per heavy atom. The summed E-state index contributed by atoms with van der Waals surface area (Å²) in [6, 6.07) is 24.9. The van der Waals surface area contributed by atoms with Gasteiger partial charge < -0.3 is 9.47 Å². The number of methoxy groups -OCH3 is 1. The molecule has 0 spiro atoms. The van der Waals surface area contributed by atoms with Crippen molar-refractivity contribution in [1.29, 1.82) is 0 Å². The van der Waals surface area contributed by atoms with Crippen LogP contribution >= 0.6 is 0 Å². The second-order valence-electron chi connectivity index (χ2n) is 10.8. The van der Waals surface area contributed by atoms with Crippen LogP contribution in [0.5, 0.6) is 11.5 Å². The average Bonchev–Trinajstić information content (AvgIpc) is 3.24. The Labute approximate surface area is 231 Å². The number of benzene rings is 4. The van der Waals surface area contributed by atoms with Gasteiger partial charge in [-0.25, -0.2) is 4.90 Å². The summed E-state index contributed by atoms with van der Waals surface area (Å²) in [5.41, 5.74) is 4.98. The summed E-state index contributed by atoms with van der Waals surface area (Å²) < 4.78 is 11.3. The Morgan fingerprint density at radius 2 is 1.55 bits per heavy atom. The van der Waals surface area contributed by atoms with Crippen LogP contribution in [0.1, 0.15) is 28.2 Å².